The van der Waals surface area contributed by atoms with Gasteiger partial charge in [-0.25, -0.2) is 0 Å². The fourth-order valence-corrected chi connectivity index (χ4v) is 5.25. The van der Waals surface area contributed by atoms with Crippen molar-refractivity contribution < 1.29 is 9.59 Å². The molecule has 1 aromatic heterocycles. The summed E-state index contributed by atoms with van der Waals surface area (Å²) in [5.74, 6) is 0.641. The highest BCUT2D eigenvalue weighted by molar-refractivity contribution is 7.14. The Labute approximate surface area is 158 Å². The van der Waals surface area contributed by atoms with Crippen molar-refractivity contribution in [2.45, 2.75) is 38.1 Å². The fourth-order valence-electron chi connectivity index (χ4n) is 4.07. The van der Waals surface area contributed by atoms with Crippen molar-refractivity contribution in [2.24, 2.45) is 0 Å². The monoisotopic (exact) mass is 368 g/mol. The zero-order chi connectivity index (χ0) is 18.3. The molecule has 0 bridgehead atoms. The minimum absolute atomic E-state index is 0.0461. The van der Waals surface area contributed by atoms with Gasteiger partial charge in [0.2, 0.25) is 5.91 Å². The highest BCUT2D eigenvalue weighted by Crippen LogP contribution is 2.36. The third-order valence-corrected chi connectivity index (χ3v) is 6.74. The molecule has 0 N–H and O–H groups in total. The van der Waals surface area contributed by atoms with Crippen LogP contribution >= 0.6 is 11.3 Å². The molecule has 0 spiro atoms. The summed E-state index contributed by atoms with van der Waals surface area (Å²) < 4.78 is 0. The second kappa shape index (κ2) is 6.88. The van der Waals surface area contributed by atoms with Gasteiger partial charge < -0.3 is 9.80 Å². The van der Waals surface area contributed by atoms with Crippen LogP contribution in [0.5, 0.6) is 0 Å². The summed E-state index contributed by atoms with van der Waals surface area (Å²) in [7, 11) is 3.55. The number of thiophene rings is 1. The summed E-state index contributed by atoms with van der Waals surface area (Å²) in [5, 5.41) is 0. The van der Waals surface area contributed by atoms with Gasteiger partial charge in [0.15, 0.2) is 0 Å². The van der Waals surface area contributed by atoms with Crippen molar-refractivity contribution in [3.63, 3.8) is 0 Å². The first kappa shape index (κ1) is 17.3. The van der Waals surface area contributed by atoms with Crippen molar-refractivity contribution in [1.82, 2.24) is 9.80 Å². The van der Waals surface area contributed by atoms with Crippen LogP contribution in [0, 0.1) is 0 Å². The first-order valence-electron chi connectivity index (χ1n) is 9.21. The molecule has 2 heterocycles. The lowest BCUT2D eigenvalue weighted by molar-refractivity contribution is -0.132. The predicted octanol–water partition coefficient (Wildman–Crippen LogP) is 3.45. The summed E-state index contributed by atoms with van der Waals surface area (Å²) in [5.41, 5.74) is 3.90. The average molecular weight is 369 g/mol. The molecule has 4 nitrogen and oxygen atoms in total. The Kier molecular flexibility index (Phi) is 4.57. The highest BCUT2D eigenvalue weighted by Gasteiger charge is 2.29. The first-order valence-corrected chi connectivity index (χ1v) is 10.0. The molecule has 26 heavy (non-hydrogen) atoms. The molecule has 4 rings (SSSR count). The Morgan fingerprint density at radius 3 is 2.81 bits per heavy atom. The second-order valence-corrected chi connectivity index (χ2v) is 8.60. The number of amides is 2. The molecule has 0 fully saturated rings. The molecular weight excluding hydrogens is 344 g/mol. The molecule has 2 aromatic rings. The Balaban J connectivity index is 1.44. The maximum atomic E-state index is 12.9. The minimum atomic E-state index is 0.0461. The van der Waals surface area contributed by atoms with Gasteiger partial charge in [-0.3, -0.25) is 9.59 Å². The molecule has 1 atom stereocenters. The third-order valence-electron chi connectivity index (χ3n) is 5.51. The van der Waals surface area contributed by atoms with Crippen LogP contribution in [0.2, 0.25) is 0 Å². The van der Waals surface area contributed by atoms with Crippen LogP contribution in [-0.4, -0.2) is 42.3 Å². The van der Waals surface area contributed by atoms with E-state index in [2.05, 4.69) is 24.3 Å². The van der Waals surface area contributed by atoms with E-state index in [1.54, 1.807) is 30.3 Å². The summed E-state index contributed by atoms with van der Waals surface area (Å²) in [6, 6.07) is 10.5. The van der Waals surface area contributed by atoms with E-state index in [0.29, 0.717) is 18.9 Å². The molecule has 0 radical (unpaired) electrons. The molecule has 1 aromatic carbocycles. The molecule has 0 saturated heterocycles. The van der Waals surface area contributed by atoms with Crippen LogP contribution in [0.1, 0.15) is 50.0 Å². The van der Waals surface area contributed by atoms with Crippen LogP contribution in [0.25, 0.3) is 0 Å². The van der Waals surface area contributed by atoms with E-state index in [1.165, 1.54) is 16.0 Å². The topological polar surface area (TPSA) is 40.6 Å². The van der Waals surface area contributed by atoms with E-state index in [9.17, 15) is 9.59 Å². The lowest BCUT2D eigenvalue weighted by Crippen LogP contribution is -2.35. The Bertz CT molecular complexity index is 855. The minimum Gasteiger partial charge on any atom is -0.344 e. The van der Waals surface area contributed by atoms with Crippen LogP contribution in [0.3, 0.4) is 0 Å². The van der Waals surface area contributed by atoms with Gasteiger partial charge in [-0.1, -0.05) is 24.3 Å². The van der Waals surface area contributed by atoms with E-state index in [-0.39, 0.29) is 11.8 Å². The molecule has 1 aliphatic carbocycles. The van der Waals surface area contributed by atoms with Crippen LogP contribution in [0.4, 0.5) is 0 Å². The molecule has 136 valence electrons. The number of benzene rings is 1. The molecule has 5 heteroatoms. The second-order valence-electron chi connectivity index (χ2n) is 7.46. The van der Waals surface area contributed by atoms with Crippen molar-refractivity contribution in [1.29, 1.82) is 0 Å². The van der Waals surface area contributed by atoms with Crippen molar-refractivity contribution in [2.75, 3.05) is 20.6 Å². The number of hydrogen-bond donors (Lipinski definition) is 0. The number of nitrogens with zero attached hydrogens (tertiary/aromatic N) is 2. The van der Waals surface area contributed by atoms with Gasteiger partial charge in [0.1, 0.15) is 0 Å². The Morgan fingerprint density at radius 2 is 2.00 bits per heavy atom. The summed E-state index contributed by atoms with van der Waals surface area (Å²) in [4.78, 5) is 30.7. The average Bonchev–Trinajstić information content (AvgIpc) is 3.24. The number of hydrogen-bond acceptors (Lipinski definition) is 3. The Hall–Kier alpha value is -2.14. The largest absolute Gasteiger partial charge is 0.344 e. The number of carbonyl (C=O) groups is 2. The van der Waals surface area contributed by atoms with Gasteiger partial charge in [0, 0.05) is 38.5 Å². The normalized spacial score (nSPS) is 18.4. The van der Waals surface area contributed by atoms with Gasteiger partial charge in [-0.15, -0.1) is 11.3 Å². The van der Waals surface area contributed by atoms with Crippen LogP contribution in [0.15, 0.2) is 30.3 Å². The standard InChI is InChI=1S/C21H24N2O2S/c1-22(2)21(25)19-11-16-13-23(10-9-18(16)26-19)20(24)12-15-8-7-14-5-3-4-6-17(14)15/h3-6,11,15H,7-10,12-13H2,1-2H3/t15-/m1/s1. The summed E-state index contributed by atoms with van der Waals surface area (Å²) in [6.07, 6.45) is 3.61. The van der Waals surface area contributed by atoms with E-state index in [1.807, 2.05) is 11.0 Å². The zero-order valence-electron chi connectivity index (χ0n) is 15.3. The van der Waals surface area contributed by atoms with Crippen LogP contribution in [-0.2, 0) is 24.2 Å². The van der Waals surface area contributed by atoms with E-state index in [4.69, 9.17) is 0 Å². The molecule has 0 saturated carbocycles. The summed E-state index contributed by atoms with van der Waals surface area (Å²) in [6.45, 7) is 1.40. The quantitative estimate of drug-likeness (QED) is 0.832. The van der Waals surface area contributed by atoms with Crippen LogP contribution < -0.4 is 0 Å². The van der Waals surface area contributed by atoms with Crippen molar-refractivity contribution >= 4 is 23.2 Å². The van der Waals surface area contributed by atoms with Gasteiger partial charge >= 0.3 is 0 Å². The Morgan fingerprint density at radius 1 is 1.19 bits per heavy atom. The molecule has 2 amide bonds. The van der Waals surface area contributed by atoms with Gasteiger partial charge in [-0.05, 0) is 47.9 Å². The van der Waals surface area contributed by atoms with Gasteiger partial charge in [0.25, 0.3) is 5.91 Å². The zero-order valence-corrected chi connectivity index (χ0v) is 16.1. The lowest BCUT2D eigenvalue weighted by atomic mass is 9.96. The van der Waals surface area contributed by atoms with Crippen molar-refractivity contribution in [3.05, 3.63) is 56.8 Å². The molecular formula is C21H24N2O2S. The third kappa shape index (κ3) is 3.16. The SMILES string of the molecule is CN(C)C(=O)c1cc2c(s1)CCN(C(=O)C[C@H]1CCc3ccccc31)C2. The fraction of sp³-hybridized carbons (Fsp3) is 0.429. The van der Waals surface area contributed by atoms with E-state index >= 15 is 0 Å². The molecule has 1 aliphatic heterocycles. The van der Waals surface area contributed by atoms with Crippen molar-refractivity contribution in [3.8, 4) is 0 Å². The summed E-state index contributed by atoms with van der Waals surface area (Å²) >= 11 is 1.58. The number of rotatable bonds is 3. The number of carbonyl (C=O) groups excluding carboxylic acids is 2. The van der Waals surface area contributed by atoms with Gasteiger partial charge in [-0.2, -0.15) is 0 Å². The number of aryl methyl sites for hydroxylation is 1. The maximum absolute atomic E-state index is 12.9. The maximum Gasteiger partial charge on any atom is 0.263 e. The molecule has 2 aliphatic rings. The van der Waals surface area contributed by atoms with E-state index < -0.39 is 0 Å². The first-order chi connectivity index (χ1) is 12.5. The predicted molar refractivity (Wildman–Crippen MR) is 104 cm³/mol. The van der Waals surface area contributed by atoms with Gasteiger partial charge in [0.05, 0.1) is 4.88 Å². The molecule has 0 unspecified atom stereocenters. The number of fused-ring (bicyclic) bond motifs is 2. The highest BCUT2D eigenvalue weighted by atomic mass is 32.1. The lowest BCUT2D eigenvalue weighted by Gasteiger charge is -2.28. The smallest absolute Gasteiger partial charge is 0.263 e. The van der Waals surface area contributed by atoms with E-state index in [0.717, 1.165) is 36.2 Å².